The summed E-state index contributed by atoms with van der Waals surface area (Å²) in [6.45, 7) is 3.47. The van der Waals surface area contributed by atoms with Crippen molar-refractivity contribution < 1.29 is 9.90 Å². The zero-order chi connectivity index (χ0) is 11.6. The van der Waals surface area contributed by atoms with Gasteiger partial charge < -0.3 is 10.4 Å². The molecule has 0 spiro atoms. The van der Waals surface area contributed by atoms with Crippen LogP contribution in [0.15, 0.2) is 11.4 Å². The van der Waals surface area contributed by atoms with E-state index in [1.165, 1.54) is 10.4 Å². The number of carboxylic acid groups (broad SMARTS) is 1. The number of hydrogen-bond donors (Lipinski definition) is 2. The van der Waals surface area contributed by atoms with Crippen molar-refractivity contribution in [3.63, 3.8) is 0 Å². The predicted molar refractivity (Wildman–Crippen MR) is 64.7 cm³/mol. The minimum atomic E-state index is -0.644. The van der Waals surface area contributed by atoms with Crippen molar-refractivity contribution in [3.05, 3.63) is 21.9 Å². The molecule has 0 aromatic carbocycles. The smallest absolute Gasteiger partial charge is 0.310 e. The second-order valence-electron chi connectivity index (χ2n) is 4.57. The first-order valence-electron chi connectivity index (χ1n) is 5.61. The summed E-state index contributed by atoms with van der Waals surface area (Å²) in [5.74, 6) is -0.644. The third kappa shape index (κ3) is 2.13. The molecule has 0 unspecified atom stereocenters. The Bertz CT molecular complexity index is 382. The molecule has 1 aliphatic rings. The van der Waals surface area contributed by atoms with Gasteiger partial charge in [-0.05, 0) is 36.8 Å². The number of aliphatic carboxylic acids is 1. The SMILES string of the molecule is Cc1ccsc1CNCC1(C(=O)O)CCC1. The van der Waals surface area contributed by atoms with Crippen LogP contribution in [-0.2, 0) is 11.3 Å². The number of carbonyl (C=O) groups is 1. The summed E-state index contributed by atoms with van der Waals surface area (Å²) in [4.78, 5) is 12.4. The van der Waals surface area contributed by atoms with Gasteiger partial charge >= 0.3 is 5.97 Å². The molecule has 0 bridgehead atoms. The van der Waals surface area contributed by atoms with Gasteiger partial charge in [0.05, 0.1) is 5.41 Å². The maximum atomic E-state index is 11.1. The van der Waals surface area contributed by atoms with Gasteiger partial charge in [-0.1, -0.05) is 6.42 Å². The maximum Gasteiger partial charge on any atom is 0.310 e. The quantitative estimate of drug-likeness (QED) is 0.829. The van der Waals surface area contributed by atoms with Crippen LogP contribution in [0.2, 0.25) is 0 Å². The Labute approximate surface area is 99.5 Å². The first-order chi connectivity index (χ1) is 7.64. The normalized spacial score (nSPS) is 18.1. The Morgan fingerprint density at radius 3 is 2.81 bits per heavy atom. The first kappa shape index (κ1) is 11.6. The lowest BCUT2D eigenvalue weighted by Crippen LogP contribution is -2.45. The van der Waals surface area contributed by atoms with E-state index in [2.05, 4.69) is 23.7 Å². The van der Waals surface area contributed by atoms with Gasteiger partial charge in [-0.15, -0.1) is 11.3 Å². The van der Waals surface area contributed by atoms with E-state index in [0.717, 1.165) is 25.8 Å². The number of hydrogen-bond acceptors (Lipinski definition) is 3. The molecule has 0 amide bonds. The van der Waals surface area contributed by atoms with Crippen LogP contribution in [0.4, 0.5) is 0 Å². The zero-order valence-electron chi connectivity index (χ0n) is 9.45. The summed E-state index contributed by atoms with van der Waals surface area (Å²) in [6.07, 6.45) is 2.68. The number of aryl methyl sites for hydroxylation is 1. The summed E-state index contributed by atoms with van der Waals surface area (Å²) >= 11 is 1.72. The van der Waals surface area contributed by atoms with E-state index in [0.29, 0.717) is 6.54 Å². The highest BCUT2D eigenvalue weighted by atomic mass is 32.1. The van der Waals surface area contributed by atoms with Gasteiger partial charge in [0.2, 0.25) is 0 Å². The molecule has 1 heterocycles. The molecule has 88 valence electrons. The van der Waals surface area contributed by atoms with E-state index in [4.69, 9.17) is 5.11 Å². The molecule has 16 heavy (non-hydrogen) atoms. The Morgan fingerprint density at radius 2 is 2.38 bits per heavy atom. The minimum absolute atomic E-state index is 0.481. The molecule has 0 atom stereocenters. The highest BCUT2D eigenvalue weighted by Gasteiger charge is 2.43. The van der Waals surface area contributed by atoms with Gasteiger partial charge in [-0.25, -0.2) is 0 Å². The maximum absolute atomic E-state index is 11.1. The molecule has 1 aromatic rings. The Morgan fingerprint density at radius 1 is 1.62 bits per heavy atom. The summed E-state index contributed by atoms with van der Waals surface area (Å²) in [5, 5.41) is 14.5. The summed E-state index contributed by atoms with van der Waals surface area (Å²) in [7, 11) is 0. The third-order valence-electron chi connectivity index (χ3n) is 3.48. The summed E-state index contributed by atoms with van der Waals surface area (Å²) in [5.41, 5.74) is 0.806. The van der Waals surface area contributed by atoms with Gasteiger partial charge in [0.1, 0.15) is 0 Å². The average Bonchev–Trinajstić information content (AvgIpc) is 2.55. The van der Waals surface area contributed by atoms with Crippen LogP contribution >= 0.6 is 11.3 Å². The van der Waals surface area contributed by atoms with E-state index in [1.54, 1.807) is 11.3 Å². The minimum Gasteiger partial charge on any atom is -0.481 e. The average molecular weight is 239 g/mol. The fraction of sp³-hybridized carbons (Fsp3) is 0.583. The standard InChI is InChI=1S/C12H17NO2S/c1-9-3-6-16-10(9)7-13-8-12(11(14)15)4-2-5-12/h3,6,13H,2,4-5,7-8H2,1H3,(H,14,15). The summed E-state index contributed by atoms with van der Waals surface area (Å²) < 4.78 is 0. The number of thiophene rings is 1. The van der Waals surface area contributed by atoms with Gasteiger partial charge in [0.15, 0.2) is 0 Å². The van der Waals surface area contributed by atoms with Crippen LogP contribution < -0.4 is 5.32 Å². The molecular weight excluding hydrogens is 222 g/mol. The Balaban J connectivity index is 1.84. The van der Waals surface area contributed by atoms with E-state index in [1.807, 2.05) is 0 Å². The van der Waals surface area contributed by atoms with Gasteiger partial charge in [0.25, 0.3) is 0 Å². The molecule has 4 heteroatoms. The first-order valence-corrected chi connectivity index (χ1v) is 6.49. The molecule has 2 N–H and O–H groups in total. The molecule has 2 rings (SSSR count). The highest BCUT2D eigenvalue weighted by molar-refractivity contribution is 7.10. The van der Waals surface area contributed by atoms with Crippen molar-refractivity contribution in [1.82, 2.24) is 5.32 Å². The predicted octanol–water partition coefficient (Wildman–Crippen LogP) is 2.40. The zero-order valence-corrected chi connectivity index (χ0v) is 10.3. The molecule has 3 nitrogen and oxygen atoms in total. The van der Waals surface area contributed by atoms with E-state index in [9.17, 15) is 4.79 Å². The second kappa shape index (κ2) is 4.55. The monoisotopic (exact) mass is 239 g/mol. The number of nitrogens with one attached hydrogen (secondary N) is 1. The second-order valence-corrected chi connectivity index (χ2v) is 5.57. The van der Waals surface area contributed by atoms with Crippen molar-refractivity contribution >= 4 is 17.3 Å². The van der Waals surface area contributed by atoms with Gasteiger partial charge in [-0.2, -0.15) is 0 Å². The molecule has 0 saturated heterocycles. The molecule has 1 aliphatic carbocycles. The van der Waals surface area contributed by atoms with Crippen molar-refractivity contribution in [2.24, 2.45) is 5.41 Å². The Kier molecular flexibility index (Phi) is 3.30. The van der Waals surface area contributed by atoms with Crippen molar-refractivity contribution in [2.75, 3.05) is 6.54 Å². The van der Waals surface area contributed by atoms with Gasteiger partial charge in [-0.3, -0.25) is 4.79 Å². The molecular formula is C12H17NO2S. The van der Waals surface area contributed by atoms with Crippen LogP contribution in [0.25, 0.3) is 0 Å². The van der Waals surface area contributed by atoms with Crippen LogP contribution in [0, 0.1) is 12.3 Å². The number of rotatable bonds is 5. The molecule has 0 radical (unpaired) electrons. The summed E-state index contributed by atoms with van der Waals surface area (Å²) in [6, 6.07) is 2.10. The lowest BCUT2D eigenvalue weighted by atomic mass is 9.69. The lowest BCUT2D eigenvalue weighted by Gasteiger charge is -2.37. The van der Waals surface area contributed by atoms with E-state index < -0.39 is 11.4 Å². The van der Waals surface area contributed by atoms with Crippen molar-refractivity contribution in [3.8, 4) is 0 Å². The van der Waals surface area contributed by atoms with E-state index in [-0.39, 0.29) is 0 Å². The van der Waals surface area contributed by atoms with Crippen LogP contribution in [0.5, 0.6) is 0 Å². The fourth-order valence-electron chi connectivity index (χ4n) is 2.07. The molecule has 0 aliphatic heterocycles. The van der Waals surface area contributed by atoms with Crippen LogP contribution in [-0.4, -0.2) is 17.6 Å². The lowest BCUT2D eigenvalue weighted by molar-refractivity contribution is -0.154. The fourth-order valence-corrected chi connectivity index (χ4v) is 2.95. The molecule has 1 fully saturated rings. The molecule has 1 saturated carbocycles. The molecule has 1 aromatic heterocycles. The van der Waals surface area contributed by atoms with Crippen LogP contribution in [0.1, 0.15) is 29.7 Å². The topological polar surface area (TPSA) is 49.3 Å². The number of carboxylic acids is 1. The van der Waals surface area contributed by atoms with Crippen LogP contribution in [0.3, 0.4) is 0 Å². The third-order valence-corrected chi connectivity index (χ3v) is 4.50. The van der Waals surface area contributed by atoms with Gasteiger partial charge in [0, 0.05) is 18.0 Å². The van der Waals surface area contributed by atoms with Crippen molar-refractivity contribution in [1.29, 1.82) is 0 Å². The van der Waals surface area contributed by atoms with Crippen molar-refractivity contribution in [2.45, 2.75) is 32.7 Å². The largest absolute Gasteiger partial charge is 0.481 e. The van der Waals surface area contributed by atoms with E-state index >= 15 is 0 Å². The Hall–Kier alpha value is -0.870. The highest BCUT2D eigenvalue weighted by Crippen LogP contribution is 2.40.